The minimum atomic E-state index is 0.246. The molecule has 0 aromatic heterocycles. The number of benzene rings is 1. The van der Waals surface area contributed by atoms with Crippen molar-refractivity contribution >= 4 is 0 Å². The van der Waals surface area contributed by atoms with E-state index in [0.717, 1.165) is 30.1 Å². The molecule has 0 N–H and O–H groups in total. The first-order chi connectivity index (χ1) is 12.2. The lowest BCUT2D eigenvalue weighted by atomic mass is 9.68. The summed E-state index contributed by atoms with van der Waals surface area (Å²) >= 11 is 0. The van der Waals surface area contributed by atoms with Crippen molar-refractivity contribution < 1.29 is 4.74 Å². The minimum Gasteiger partial charge on any atom is -0.377 e. The summed E-state index contributed by atoms with van der Waals surface area (Å²) in [5.74, 6) is 3.55. The van der Waals surface area contributed by atoms with E-state index in [2.05, 4.69) is 43.8 Å². The van der Waals surface area contributed by atoms with E-state index in [1.807, 2.05) is 7.11 Å². The maximum absolute atomic E-state index is 5.56. The monoisotopic (exact) mass is 340 g/mol. The molecule has 0 saturated heterocycles. The molecule has 1 nitrogen and oxygen atoms in total. The van der Waals surface area contributed by atoms with Gasteiger partial charge in [0.05, 0.1) is 6.10 Å². The molecule has 0 amide bonds. The SMILES string of the molecule is C=CC1CCC(C2CCC(c3ccc(C(CC)OC)cc3)CC2)CC1. The van der Waals surface area contributed by atoms with Gasteiger partial charge >= 0.3 is 0 Å². The molecule has 2 aliphatic carbocycles. The summed E-state index contributed by atoms with van der Waals surface area (Å²) in [6.45, 7) is 6.17. The Kier molecular flexibility index (Phi) is 6.76. The van der Waals surface area contributed by atoms with Crippen LogP contribution in [0.4, 0.5) is 0 Å². The van der Waals surface area contributed by atoms with Gasteiger partial charge in [-0.15, -0.1) is 6.58 Å². The molecule has 1 unspecified atom stereocenters. The number of allylic oxidation sites excluding steroid dienone is 1. The number of rotatable bonds is 6. The summed E-state index contributed by atoms with van der Waals surface area (Å²) in [5.41, 5.74) is 2.87. The van der Waals surface area contributed by atoms with Crippen molar-refractivity contribution in [2.24, 2.45) is 17.8 Å². The van der Waals surface area contributed by atoms with E-state index in [1.165, 1.54) is 56.9 Å². The van der Waals surface area contributed by atoms with Crippen molar-refractivity contribution in [3.05, 3.63) is 48.0 Å². The lowest BCUT2D eigenvalue weighted by Gasteiger charge is -2.37. The van der Waals surface area contributed by atoms with Crippen molar-refractivity contribution in [1.29, 1.82) is 0 Å². The van der Waals surface area contributed by atoms with Crippen LogP contribution in [0.15, 0.2) is 36.9 Å². The Labute approximate surface area is 154 Å². The molecule has 0 radical (unpaired) electrons. The maximum atomic E-state index is 5.56. The van der Waals surface area contributed by atoms with Gasteiger partial charge in [-0.25, -0.2) is 0 Å². The van der Waals surface area contributed by atoms with E-state index < -0.39 is 0 Å². The zero-order valence-electron chi connectivity index (χ0n) is 16.3. The van der Waals surface area contributed by atoms with Crippen LogP contribution in [0.2, 0.25) is 0 Å². The molecule has 2 aliphatic rings. The molecule has 2 fully saturated rings. The van der Waals surface area contributed by atoms with E-state index in [-0.39, 0.29) is 6.10 Å². The fourth-order valence-electron chi connectivity index (χ4n) is 5.30. The smallest absolute Gasteiger partial charge is 0.0818 e. The van der Waals surface area contributed by atoms with Gasteiger partial charge in [-0.3, -0.25) is 0 Å². The fraction of sp³-hybridized carbons (Fsp3) is 0.667. The molecule has 0 bridgehead atoms. The van der Waals surface area contributed by atoms with Crippen LogP contribution < -0.4 is 0 Å². The molecular formula is C24H36O. The van der Waals surface area contributed by atoms with Crippen LogP contribution >= 0.6 is 0 Å². The Morgan fingerprint density at radius 3 is 2.00 bits per heavy atom. The first-order valence-corrected chi connectivity index (χ1v) is 10.5. The van der Waals surface area contributed by atoms with Gasteiger partial charge in [-0.1, -0.05) is 37.3 Å². The van der Waals surface area contributed by atoms with Gasteiger partial charge in [0.15, 0.2) is 0 Å². The van der Waals surface area contributed by atoms with Crippen LogP contribution in [0.25, 0.3) is 0 Å². The highest BCUT2D eigenvalue weighted by Crippen LogP contribution is 2.44. The molecule has 0 aliphatic heterocycles. The Bertz CT molecular complexity index is 512. The average Bonchev–Trinajstić information content (AvgIpc) is 2.70. The highest BCUT2D eigenvalue weighted by atomic mass is 16.5. The number of methoxy groups -OCH3 is 1. The van der Waals surface area contributed by atoms with Crippen molar-refractivity contribution in [1.82, 2.24) is 0 Å². The third-order valence-electron chi connectivity index (χ3n) is 7.02. The fourth-order valence-corrected chi connectivity index (χ4v) is 5.30. The third kappa shape index (κ3) is 4.56. The van der Waals surface area contributed by atoms with E-state index in [0.29, 0.717) is 0 Å². The quantitative estimate of drug-likeness (QED) is 0.504. The summed E-state index contributed by atoms with van der Waals surface area (Å²) in [6.07, 6.45) is 14.7. The van der Waals surface area contributed by atoms with E-state index >= 15 is 0 Å². The number of hydrogen-bond acceptors (Lipinski definition) is 1. The Hall–Kier alpha value is -1.08. The van der Waals surface area contributed by atoms with Gasteiger partial charge < -0.3 is 4.74 Å². The summed E-state index contributed by atoms with van der Waals surface area (Å²) in [7, 11) is 1.81. The summed E-state index contributed by atoms with van der Waals surface area (Å²) < 4.78 is 5.56. The standard InChI is InChI=1S/C24H36O/c1-4-18-6-8-19(9-7-18)20-10-12-21(13-11-20)22-14-16-23(17-15-22)24(5-2)25-3/h4,14-21,24H,1,5-13H2,2-3H3. The third-order valence-corrected chi connectivity index (χ3v) is 7.02. The topological polar surface area (TPSA) is 9.23 Å². The van der Waals surface area contributed by atoms with Crippen LogP contribution in [-0.4, -0.2) is 7.11 Å². The molecule has 1 atom stereocenters. The molecule has 3 rings (SSSR count). The predicted octanol–water partition coefficient (Wildman–Crippen LogP) is 7.05. The van der Waals surface area contributed by atoms with Crippen molar-refractivity contribution in [3.63, 3.8) is 0 Å². The second-order valence-corrected chi connectivity index (χ2v) is 8.32. The first-order valence-electron chi connectivity index (χ1n) is 10.5. The summed E-state index contributed by atoms with van der Waals surface area (Å²) in [6, 6.07) is 9.29. The predicted molar refractivity (Wildman–Crippen MR) is 107 cm³/mol. The van der Waals surface area contributed by atoms with Crippen molar-refractivity contribution in [2.45, 2.75) is 76.7 Å². The van der Waals surface area contributed by atoms with Crippen LogP contribution in [0.3, 0.4) is 0 Å². The van der Waals surface area contributed by atoms with Crippen molar-refractivity contribution in [2.75, 3.05) is 7.11 Å². The van der Waals surface area contributed by atoms with Crippen LogP contribution in [-0.2, 0) is 4.74 Å². The van der Waals surface area contributed by atoms with Gasteiger partial charge in [0.1, 0.15) is 0 Å². The molecule has 0 spiro atoms. The molecule has 1 aromatic carbocycles. The highest BCUT2D eigenvalue weighted by Gasteiger charge is 2.30. The van der Waals surface area contributed by atoms with Crippen LogP contribution in [0.5, 0.6) is 0 Å². The normalized spacial score (nSPS) is 31.4. The zero-order valence-corrected chi connectivity index (χ0v) is 16.3. The lowest BCUT2D eigenvalue weighted by molar-refractivity contribution is 0.1000. The van der Waals surface area contributed by atoms with E-state index in [1.54, 1.807) is 5.56 Å². The maximum Gasteiger partial charge on any atom is 0.0818 e. The molecule has 25 heavy (non-hydrogen) atoms. The van der Waals surface area contributed by atoms with E-state index in [4.69, 9.17) is 4.74 Å². The lowest BCUT2D eigenvalue weighted by Crippen LogP contribution is -2.25. The highest BCUT2D eigenvalue weighted by molar-refractivity contribution is 5.27. The summed E-state index contributed by atoms with van der Waals surface area (Å²) in [4.78, 5) is 0. The molecule has 138 valence electrons. The second-order valence-electron chi connectivity index (χ2n) is 8.32. The minimum absolute atomic E-state index is 0.246. The molecule has 2 saturated carbocycles. The second kappa shape index (κ2) is 9.03. The molecule has 1 aromatic rings. The molecular weight excluding hydrogens is 304 g/mol. The Balaban J connectivity index is 1.51. The Morgan fingerprint density at radius 2 is 1.52 bits per heavy atom. The Morgan fingerprint density at radius 1 is 0.960 bits per heavy atom. The number of ether oxygens (including phenoxy) is 1. The van der Waals surface area contributed by atoms with Crippen molar-refractivity contribution in [3.8, 4) is 0 Å². The largest absolute Gasteiger partial charge is 0.377 e. The van der Waals surface area contributed by atoms with Gasteiger partial charge in [0, 0.05) is 7.11 Å². The molecule has 0 heterocycles. The van der Waals surface area contributed by atoms with E-state index in [9.17, 15) is 0 Å². The molecule has 1 heteroatoms. The average molecular weight is 341 g/mol. The van der Waals surface area contributed by atoms with Gasteiger partial charge in [-0.2, -0.15) is 0 Å². The summed E-state index contributed by atoms with van der Waals surface area (Å²) in [5, 5.41) is 0. The van der Waals surface area contributed by atoms with Gasteiger partial charge in [0.25, 0.3) is 0 Å². The van der Waals surface area contributed by atoms with Gasteiger partial charge in [0.2, 0.25) is 0 Å². The number of hydrogen-bond donors (Lipinski definition) is 0. The van der Waals surface area contributed by atoms with Crippen LogP contribution in [0, 0.1) is 17.8 Å². The van der Waals surface area contributed by atoms with Crippen LogP contribution in [0.1, 0.15) is 87.9 Å². The van der Waals surface area contributed by atoms with Gasteiger partial charge in [-0.05, 0) is 92.6 Å². The first kappa shape index (κ1) is 18.7. The zero-order chi connectivity index (χ0) is 17.6.